The molecule has 0 atom stereocenters. The van der Waals surface area contributed by atoms with Gasteiger partial charge in [-0.3, -0.25) is 0 Å². The first-order valence-corrected chi connectivity index (χ1v) is 12.8. The van der Waals surface area contributed by atoms with E-state index in [1.165, 1.54) is 106 Å². The van der Waals surface area contributed by atoms with Gasteiger partial charge in [-0.2, -0.15) is 0 Å². The van der Waals surface area contributed by atoms with Crippen LogP contribution in [-0.4, -0.2) is 4.98 Å². The number of unbranched alkanes of at least 4 members (excludes halogenated alkanes) is 9. The molecule has 2 aromatic carbocycles. The third-order valence-corrected chi connectivity index (χ3v) is 6.39. The summed E-state index contributed by atoms with van der Waals surface area (Å²) in [6, 6.07) is 20.2. The number of nitrogens with zero attached hydrogens (tertiary/aromatic N) is 1. The highest BCUT2D eigenvalue weighted by Gasteiger charge is 2.04. The van der Waals surface area contributed by atoms with Crippen molar-refractivity contribution in [1.29, 1.82) is 0 Å². The van der Waals surface area contributed by atoms with Crippen molar-refractivity contribution in [3.8, 4) is 11.3 Å². The van der Waals surface area contributed by atoms with E-state index in [2.05, 4.69) is 68.4 Å². The minimum Gasteiger partial charge on any atom is -0.248 e. The van der Waals surface area contributed by atoms with E-state index in [0.29, 0.717) is 0 Å². The first-order valence-electron chi connectivity index (χ1n) is 12.8. The van der Waals surface area contributed by atoms with Crippen molar-refractivity contribution in [2.24, 2.45) is 0 Å². The number of benzene rings is 2. The quantitative estimate of drug-likeness (QED) is 0.239. The maximum atomic E-state index is 4.94. The lowest BCUT2D eigenvalue weighted by Crippen LogP contribution is -1.90. The zero-order valence-corrected chi connectivity index (χ0v) is 19.8. The molecule has 0 unspecified atom stereocenters. The van der Waals surface area contributed by atoms with Gasteiger partial charge in [0.1, 0.15) is 0 Å². The summed E-state index contributed by atoms with van der Waals surface area (Å²) in [7, 11) is 0. The largest absolute Gasteiger partial charge is 0.248 e. The summed E-state index contributed by atoms with van der Waals surface area (Å²) in [4.78, 5) is 4.94. The molecule has 0 N–H and O–H groups in total. The Balaban J connectivity index is 1.51. The van der Waals surface area contributed by atoms with Crippen LogP contribution < -0.4 is 0 Å². The van der Waals surface area contributed by atoms with E-state index in [4.69, 9.17) is 4.98 Å². The van der Waals surface area contributed by atoms with Gasteiger partial charge in [-0.1, -0.05) is 108 Å². The number of fused-ring (bicyclic) bond motifs is 1. The third kappa shape index (κ3) is 7.80. The van der Waals surface area contributed by atoms with Gasteiger partial charge in [-0.15, -0.1) is 0 Å². The van der Waals surface area contributed by atoms with Crippen molar-refractivity contribution in [3.63, 3.8) is 0 Å². The lowest BCUT2D eigenvalue weighted by Gasteiger charge is -2.07. The Morgan fingerprint density at radius 3 is 1.87 bits per heavy atom. The molecule has 1 heteroatoms. The second-order valence-corrected chi connectivity index (χ2v) is 9.10. The Kier molecular flexibility index (Phi) is 10.1. The van der Waals surface area contributed by atoms with Crippen molar-refractivity contribution in [3.05, 3.63) is 65.7 Å². The Morgan fingerprint density at radius 1 is 0.548 bits per heavy atom. The van der Waals surface area contributed by atoms with Gasteiger partial charge < -0.3 is 0 Å². The molecule has 1 nitrogen and oxygen atoms in total. The standard InChI is InChI=1S/C30H41N/c1-3-5-7-8-9-10-11-13-15-26-18-22-30-28(24-26)21-23-29(31-30)27-19-16-25(17-20-27)14-12-6-4-2/h16-24H,3-15H2,1-2H3. The van der Waals surface area contributed by atoms with Gasteiger partial charge in [0.05, 0.1) is 11.2 Å². The van der Waals surface area contributed by atoms with Crippen molar-refractivity contribution in [2.45, 2.75) is 97.3 Å². The van der Waals surface area contributed by atoms with Crippen LogP contribution in [0.25, 0.3) is 22.2 Å². The van der Waals surface area contributed by atoms with Gasteiger partial charge in [-0.05, 0) is 55.0 Å². The first-order chi connectivity index (χ1) is 15.3. The number of pyridine rings is 1. The topological polar surface area (TPSA) is 12.9 Å². The lowest BCUT2D eigenvalue weighted by atomic mass is 10.0. The second kappa shape index (κ2) is 13.3. The van der Waals surface area contributed by atoms with E-state index in [1.54, 1.807) is 0 Å². The fourth-order valence-electron chi connectivity index (χ4n) is 4.38. The van der Waals surface area contributed by atoms with Crippen LogP contribution in [0.2, 0.25) is 0 Å². The van der Waals surface area contributed by atoms with Crippen LogP contribution in [0.15, 0.2) is 54.6 Å². The molecule has 0 fully saturated rings. The highest BCUT2D eigenvalue weighted by atomic mass is 14.7. The fraction of sp³-hybridized carbons (Fsp3) is 0.500. The van der Waals surface area contributed by atoms with Gasteiger partial charge in [-0.25, -0.2) is 4.98 Å². The molecule has 0 saturated carbocycles. The van der Waals surface area contributed by atoms with Crippen molar-refractivity contribution in [2.75, 3.05) is 0 Å². The first kappa shape index (κ1) is 23.5. The third-order valence-electron chi connectivity index (χ3n) is 6.39. The highest BCUT2D eigenvalue weighted by molar-refractivity contribution is 5.82. The minimum atomic E-state index is 1.07. The summed E-state index contributed by atoms with van der Waals surface area (Å²) >= 11 is 0. The predicted octanol–water partition coefficient (Wildman–Crippen LogP) is 9.32. The zero-order valence-electron chi connectivity index (χ0n) is 19.8. The molecule has 0 bridgehead atoms. The lowest BCUT2D eigenvalue weighted by molar-refractivity contribution is 0.575. The van der Waals surface area contributed by atoms with E-state index in [1.807, 2.05) is 0 Å². The molecular formula is C30H41N. The van der Waals surface area contributed by atoms with Crippen LogP contribution in [0, 0.1) is 0 Å². The number of rotatable bonds is 14. The number of hydrogen-bond donors (Lipinski definition) is 0. The van der Waals surface area contributed by atoms with Crippen LogP contribution >= 0.6 is 0 Å². The normalized spacial score (nSPS) is 11.3. The maximum absolute atomic E-state index is 4.94. The summed E-state index contributed by atoms with van der Waals surface area (Å²) in [5.41, 5.74) is 6.27. The Morgan fingerprint density at radius 2 is 1.13 bits per heavy atom. The monoisotopic (exact) mass is 415 g/mol. The zero-order chi connectivity index (χ0) is 21.7. The molecule has 31 heavy (non-hydrogen) atoms. The summed E-state index contributed by atoms with van der Waals surface area (Å²) in [6.07, 6.45) is 17.3. The van der Waals surface area contributed by atoms with Gasteiger partial charge in [0.2, 0.25) is 0 Å². The van der Waals surface area contributed by atoms with E-state index in [-0.39, 0.29) is 0 Å². The Bertz CT molecular complexity index is 894. The molecule has 0 aliphatic carbocycles. The number of aryl methyl sites for hydroxylation is 2. The van der Waals surface area contributed by atoms with Crippen molar-refractivity contribution >= 4 is 10.9 Å². The van der Waals surface area contributed by atoms with Crippen LogP contribution in [0.1, 0.15) is 95.6 Å². The number of hydrogen-bond acceptors (Lipinski definition) is 1. The van der Waals surface area contributed by atoms with Gasteiger partial charge in [0, 0.05) is 10.9 Å². The van der Waals surface area contributed by atoms with Crippen molar-refractivity contribution < 1.29 is 0 Å². The summed E-state index contributed by atoms with van der Waals surface area (Å²) in [5.74, 6) is 0. The van der Waals surface area contributed by atoms with Gasteiger partial charge >= 0.3 is 0 Å². The average molecular weight is 416 g/mol. The molecule has 0 amide bonds. The molecule has 0 aliphatic heterocycles. The molecule has 0 radical (unpaired) electrons. The van der Waals surface area contributed by atoms with Crippen LogP contribution in [0.3, 0.4) is 0 Å². The second-order valence-electron chi connectivity index (χ2n) is 9.10. The molecular weight excluding hydrogens is 374 g/mol. The molecule has 3 aromatic rings. The molecule has 1 heterocycles. The minimum absolute atomic E-state index is 1.07. The summed E-state index contributed by atoms with van der Waals surface area (Å²) in [5, 5.41) is 1.26. The summed E-state index contributed by atoms with van der Waals surface area (Å²) < 4.78 is 0. The summed E-state index contributed by atoms with van der Waals surface area (Å²) in [6.45, 7) is 4.54. The van der Waals surface area contributed by atoms with Crippen LogP contribution in [0.4, 0.5) is 0 Å². The Hall–Kier alpha value is -2.15. The Labute approximate surface area is 190 Å². The van der Waals surface area contributed by atoms with Crippen molar-refractivity contribution in [1.82, 2.24) is 4.98 Å². The average Bonchev–Trinajstić information content (AvgIpc) is 2.81. The molecule has 0 saturated heterocycles. The number of aromatic nitrogens is 1. The molecule has 3 rings (SSSR count). The molecule has 0 spiro atoms. The molecule has 0 aliphatic rings. The molecule has 1 aromatic heterocycles. The van der Waals surface area contributed by atoms with E-state index < -0.39 is 0 Å². The SMILES string of the molecule is CCCCCCCCCCc1ccc2nc(-c3ccc(CCCCC)cc3)ccc2c1. The van der Waals surface area contributed by atoms with E-state index >= 15 is 0 Å². The molecule has 166 valence electrons. The smallest absolute Gasteiger partial charge is 0.0709 e. The van der Waals surface area contributed by atoms with Crippen LogP contribution in [-0.2, 0) is 12.8 Å². The van der Waals surface area contributed by atoms with Gasteiger partial charge in [0.15, 0.2) is 0 Å². The van der Waals surface area contributed by atoms with E-state index in [0.717, 1.165) is 11.2 Å². The fourth-order valence-corrected chi connectivity index (χ4v) is 4.38. The van der Waals surface area contributed by atoms with Gasteiger partial charge in [0.25, 0.3) is 0 Å². The maximum Gasteiger partial charge on any atom is 0.0709 e. The van der Waals surface area contributed by atoms with Crippen LogP contribution in [0.5, 0.6) is 0 Å². The van der Waals surface area contributed by atoms with E-state index in [9.17, 15) is 0 Å². The predicted molar refractivity (Wildman–Crippen MR) is 137 cm³/mol. The highest BCUT2D eigenvalue weighted by Crippen LogP contribution is 2.23.